The van der Waals surface area contributed by atoms with Crippen molar-refractivity contribution in [3.8, 4) is 17.0 Å². The van der Waals surface area contributed by atoms with Crippen LogP contribution in [-0.2, 0) is 30.3 Å². The molecule has 0 saturated heterocycles. The molecule has 1 aliphatic heterocycles. The van der Waals surface area contributed by atoms with Crippen LogP contribution in [0.1, 0.15) is 132 Å². The molecule has 1 N–H and O–H groups in total. The van der Waals surface area contributed by atoms with E-state index in [1.54, 1.807) is 0 Å². The number of hydrogen-bond acceptors (Lipinski definition) is 6. The molecule has 6 rings (SSSR count). The molecule has 2 aromatic carbocycles. The van der Waals surface area contributed by atoms with Gasteiger partial charge in [-0.1, -0.05) is 87.3 Å². The molecule has 0 fully saturated rings. The monoisotopic (exact) mass is 917 g/mol. The largest absolute Gasteiger partial charge is 0.512 e. The number of allylic oxidation sites excluding steroid dienone is 2. The normalized spacial score (nSPS) is 16.5. The smallest absolute Gasteiger partial charge is 0.164 e. The van der Waals surface area contributed by atoms with Gasteiger partial charge < -0.3 is 9.84 Å². The molecule has 7 heteroatoms. The van der Waals surface area contributed by atoms with Gasteiger partial charge in [-0.2, -0.15) is 11.3 Å². The summed E-state index contributed by atoms with van der Waals surface area (Å²) in [6.07, 6.45) is 8.03. The Morgan fingerprint density at radius 2 is 1.60 bits per heavy atom. The van der Waals surface area contributed by atoms with Crippen LogP contribution >= 0.6 is 22.7 Å². The predicted molar refractivity (Wildman–Crippen MR) is 221 cm³/mol. The van der Waals surface area contributed by atoms with E-state index in [0.717, 1.165) is 49.1 Å². The van der Waals surface area contributed by atoms with Gasteiger partial charge in [0.2, 0.25) is 0 Å². The average Bonchev–Trinajstić information content (AvgIpc) is 3.81. The quantitative estimate of drug-likeness (QED) is 0.0861. The number of carbonyl (C=O) groups excluding carboxylic acids is 1. The third kappa shape index (κ3) is 8.09. The van der Waals surface area contributed by atoms with Crippen molar-refractivity contribution in [2.24, 2.45) is 16.7 Å². The zero-order valence-corrected chi connectivity index (χ0v) is 37.3. The number of benzene rings is 2. The van der Waals surface area contributed by atoms with Crippen molar-refractivity contribution in [1.82, 2.24) is 4.98 Å². The molecule has 5 aromatic rings. The summed E-state index contributed by atoms with van der Waals surface area (Å²) in [7, 11) is 0. The van der Waals surface area contributed by atoms with Crippen LogP contribution in [-0.4, -0.2) is 22.0 Å². The molecular formula is C45H58IrNO3S2-. The first-order chi connectivity index (χ1) is 24.0. The topological polar surface area (TPSA) is 59.4 Å². The van der Waals surface area contributed by atoms with E-state index in [1.165, 1.54) is 47.5 Å². The van der Waals surface area contributed by atoms with E-state index in [-0.39, 0.29) is 54.0 Å². The molecule has 3 aromatic heterocycles. The van der Waals surface area contributed by atoms with Crippen LogP contribution in [0.5, 0.6) is 5.75 Å². The number of nitrogens with zero attached hydrogens (tertiary/aromatic N) is 1. The van der Waals surface area contributed by atoms with Gasteiger partial charge in [-0.25, -0.2) is 0 Å². The summed E-state index contributed by atoms with van der Waals surface area (Å²) >= 11 is 3.68. The summed E-state index contributed by atoms with van der Waals surface area (Å²) in [5.41, 5.74) is 4.32. The van der Waals surface area contributed by atoms with Gasteiger partial charge in [-0.3, -0.25) is 9.78 Å². The SMILES string of the molecule is CC(C)CC1c2c(ccc3sc4ccnc(-c5[c-]c6ccsc6c(C(C)(C)C)c5)c4c23)OC1C.CCC(C)(CC)C(=O)/C=C(\O)C(C)(CC)CC.[Ir]. The van der Waals surface area contributed by atoms with Gasteiger partial charge in [0.25, 0.3) is 0 Å². The summed E-state index contributed by atoms with van der Waals surface area (Å²) in [4.78, 5) is 17.2. The van der Waals surface area contributed by atoms with Gasteiger partial charge in [0.05, 0.1) is 0 Å². The maximum atomic E-state index is 12.2. The molecule has 0 aliphatic carbocycles. The number of rotatable bonds is 10. The van der Waals surface area contributed by atoms with Crippen LogP contribution in [0.2, 0.25) is 0 Å². The Labute approximate surface area is 333 Å². The molecular weight excluding hydrogens is 859 g/mol. The van der Waals surface area contributed by atoms with Crippen LogP contribution < -0.4 is 4.74 Å². The molecule has 2 atom stereocenters. The first kappa shape index (κ1) is 42.2. The van der Waals surface area contributed by atoms with Crippen molar-refractivity contribution >= 4 is 58.7 Å². The Morgan fingerprint density at radius 1 is 0.962 bits per heavy atom. The van der Waals surface area contributed by atoms with Crippen LogP contribution in [0, 0.1) is 22.8 Å². The fraction of sp³-hybridized carbons (Fsp3) is 0.511. The number of ether oxygens (including phenoxy) is 1. The van der Waals surface area contributed by atoms with Gasteiger partial charge in [0.1, 0.15) is 17.6 Å². The van der Waals surface area contributed by atoms with Crippen molar-refractivity contribution < 1.29 is 34.7 Å². The summed E-state index contributed by atoms with van der Waals surface area (Å²) in [6, 6.07) is 14.8. The number of carbonyl (C=O) groups is 1. The molecule has 2 unspecified atom stereocenters. The first-order valence-corrected chi connectivity index (χ1v) is 20.6. The summed E-state index contributed by atoms with van der Waals surface area (Å²) in [5, 5.41) is 16.1. The molecule has 0 saturated carbocycles. The number of aromatic nitrogens is 1. The third-order valence-corrected chi connectivity index (χ3v) is 13.7. The molecule has 0 bridgehead atoms. The number of pyridine rings is 1. The van der Waals surface area contributed by atoms with Gasteiger partial charge >= 0.3 is 0 Å². The van der Waals surface area contributed by atoms with Gasteiger partial charge in [-0.05, 0) is 84.0 Å². The number of aliphatic hydroxyl groups excluding tert-OH is 1. The minimum absolute atomic E-state index is 0. The molecule has 0 amide bonds. The average molecular weight is 917 g/mol. The molecule has 0 spiro atoms. The number of ketones is 1. The Bertz CT molecular complexity index is 2060. The summed E-state index contributed by atoms with van der Waals surface area (Å²) in [6.45, 7) is 25.8. The Hall–Kier alpha value is -2.57. The predicted octanol–water partition coefficient (Wildman–Crippen LogP) is 14.0. The minimum Gasteiger partial charge on any atom is -0.512 e. The molecule has 283 valence electrons. The molecule has 52 heavy (non-hydrogen) atoms. The Balaban J connectivity index is 0.000000289. The van der Waals surface area contributed by atoms with Crippen LogP contribution in [0.25, 0.3) is 41.5 Å². The first-order valence-electron chi connectivity index (χ1n) is 18.9. The van der Waals surface area contributed by atoms with E-state index in [0.29, 0.717) is 11.8 Å². The Kier molecular flexibility index (Phi) is 13.3. The van der Waals surface area contributed by atoms with E-state index < -0.39 is 0 Å². The van der Waals surface area contributed by atoms with Crippen molar-refractivity contribution in [3.05, 3.63) is 70.9 Å². The summed E-state index contributed by atoms with van der Waals surface area (Å²) in [5.74, 6) is 2.35. The van der Waals surface area contributed by atoms with Gasteiger partial charge in [0.15, 0.2) is 5.78 Å². The maximum Gasteiger partial charge on any atom is 0.164 e. The van der Waals surface area contributed by atoms with Crippen molar-refractivity contribution in [1.29, 1.82) is 0 Å². The molecule has 4 heterocycles. The van der Waals surface area contributed by atoms with Crippen LogP contribution in [0.3, 0.4) is 0 Å². The second-order valence-electron chi connectivity index (χ2n) is 16.5. The van der Waals surface area contributed by atoms with E-state index >= 15 is 0 Å². The van der Waals surface area contributed by atoms with E-state index in [4.69, 9.17) is 9.72 Å². The van der Waals surface area contributed by atoms with Crippen molar-refractivity contribution in [2.45, 2.75) is 133 Å². The van der Waals surface area contributed by atoms with Crippen molar-refractivity contribution in [2.75, 3.05) is 0 Å². The molecule has 1 radical (unpaired) electrons. The fourth-order valence-corrected chi connectivity index (χ4v) is 9.39. The van der Waals surface area contributed by atoms with Crippen molar-refractivity contribution in [3.63, 3.8) is 0 Å². The fourth-order valence-electron chi connectivity index (χ4n) is 7.20. The van der Waals surface area contributed by atoms with E-state index in [2.05, 4.69) is 83.3 Å². The standard InChI is InChI=1S/C30H30NOS2.C15H28O2.Ir/c1-16(2)13-20-17(3)32-22-7-8-23-26(25(20)22)27-24(34-23)9-11-31-28(27)19-14-18-10-12-33-29(18)21(15-19)30(4,5)6;1-7-14(5,8-2)12(16)11-13(17)15(6,9-3)10-4;/h7-12,15-17,20H,13H2,1-6H3;11,16H,7-10H2,1-6H3;/q-1;;/b;12-11-;. The number of fused-ring (bicyclic) bond motifs is 6. The van der Waals surface area contributed by atoms with Crippen LogP contribution in [0.4, 0.5) is 0 Å². The molecule has 4 nitrogen and oxygen atoms in total. The Morgan fingerprint density at radius 3 is 2.19 bits per heavy atom. The number of hydrogen-bond donors (Lipinski definition) is 1. The van der Waals surface area contributed by atoms with E-state index in [9.17, 15) is 9.90 Å². The minimum atomic E-state index is -0.337. The van der Waals surface area contributed by atoms with Crippen LogP contribution in [0.15, 0.2) is 53.7 Å². The van der Waals surface area contributed by atoms with Gasteiger partial charge in [-0.15, -0.1) is 34.9 Å². The maximum absolute atomic E-state index is 12.2. The molecule has 1 aliphatic rings. The third-order valence-electron chi connectivity index (χ3n) is 11.7. The van der Waals surface area contributed by atoms with E-state index in [1.807, 2.05) is 70.4 Å². The number of aliphatic hydroxyl groups is 1. The zero-order valence-electron chi connectivity index (χ0n) is 33.2. The van der Waals surface area contributed by atoms with Gasteiger partial charge in [0, 0.05) is 75.2 Å². The second kappa shape index (κ2) is 16.4. The zero-order chi connectivity index (χ0) is 37.5. The number of thiophene rings is 2. The summed E-state index contributed by atoms with van der Waals surface area (Å²) < 4.78 is 10.3. The second-order valence-corrected chi connectivity index (χ2v) is 18.5.